The zero-order chi connectivity index (χ0) is 13.1. The lowest BCUT2D eigenvalue weighted by molar-refractivity contribution is 0.146. The van der Waals surface area contributed by atoms with Gasteiger partial charge >= 0.3 is 0 Å². The Balaban J connectivity index is 2.28. The van der Waals surface area contributed by atoms with Crippen LogP contribution in [0.2, 0.25) is 0 Å². The highest BCUT2D eigenvalue weighted by atomic mass is 19.1. The van der Waals surface area contributed by atoms with E-state index in [1.807, 2.05) is 6.07 Å². The number of halogens is 2. The molecule has 4 heteroatoms. The van der Waals surface area contributed by atoms with Gasteiger partial charge in [-0.3, -0.25) is 0 Å². The topological polar surface area (TPSA) is 46.2 Å². The molecule has 0 fully saturated rings. The summed E-state index contributed by atoms with van der Waals surface area (Å²) in [7, 11) is 0. The average Bonchev–Trinajstić information content (AvgIpc) is 2.37. The van der Waals surface area contributed by atoms with E-state index in [1.54, 1.807) is 24.3 Å². The van der Waals surface area contributed by atoms with Crippen molar-refractivity contribution in [2.24, 2.45) is 5.73 Å². The van der Waals surface area contributed by atoms with Crippen LogP contribution in [0.1, 0.15) is 23.3 Å². The summed E-state index contributed by atoms with van der Waals surface area (Å²) in [4.78, 5) is 0. The van der Waals surface area contributed by atoms with Crippen molar-refractivity contribution in [1.29, 1.82) is 0 Å². The fourth-order valence-electron chi connectivity index (χ4n) is 1.81. The third kappa shape index (κ3) is 2.72. The molecule has 3 N–H and O–H groups in total. The minimum Gasteiger partial charge on any atom is -0.386 e. The van der Waals surface area contributed by atoms with Gasteiger partial charge in [0.1, 0.15) is 11.6 Å². The second-order valence-electron chi connectivity index (χ2n) is 4.08. The van der Waals surface area contributed by atoms with Gasteiger partial charge in [0, 0.05) is 6.07 Å². The van der Waals surface area contributed by atoms with E-state index < -0.39 is 23.8 Å². The first-order chi connectivity index (χ1) is 8.58. The van der Waals surface area contributed by atoms with E-state index in [1.165, 1.54) is 0 Å². The van der Waals surface area contributed by atoms with E-state index in [4.69, 9.17) is 5.73 Å². The molecular formula is C14H13F2NO. The number of hydrogen-bond donors (Lipinski definition) is 2. The van der Waals surface area contributed by atoms with E-state index in [-0.39, 0.29) is 5.56 Å². The van der Waals surface area contributed by atoms with Crippen LogP contribution in [0.3, 0.4) is 0 Å². The number of hydrogen-bond acceptors (Lipinski definition) is 2. The Labute approximate surface area is 104 Å². The Hall–Kier alpha value is -1.78. The standard InChI is InChI=1S/C14H13F2NO/c15-11-6-10(7-12(16)8-11)14(18)13(17)9-4-2-1-3-5-9/h1-8,13-14,18H,17H2. The zero-order valence-corrected chi connectivity index (χ0v) is 9.55. The van der Waals surface area contributed by atoms with Crippen molar-refractivity contribution >= 4 is 0 Å². The van der Waals surface area contributed by atoms with Crippen molar-refractivity contribution in [2.45, 2.75) is 12.1 Å². The van der Waals surface area contributed by atoms with Gasteiger partial charge in [-0.1, -0.05) is 30.3 Å². The molecule has 0 aliphatic rings. The van der Waals surface area contributed by atoms with Crippen LogP contribution in [0.5, 0.6) is 0 Å². The van der Waals surface area contributed by atoms with Crippen molar-refractivity contribution in [1.82, 2.24) is 0 Å². The smallest absolute Gasteiger partial charge is 0.126 e. The first-order valence-corrected chi connectivity index (χ1v) is 5.52. The van der Waals surface area contributed by atoms with Gasteiger partial charge in [-0.05, 0) is 23.3 Å². The van der Waals surface area contributed by atoms with Gasteiger partial charge in [0.15, 0.2) is 0 Å². The SMILES string of the molecule is NC(c1ccccc1)C(O)c1cc(F)cc(F)c1. The van der Waals surface area contributed by atoms with Crippen LogP contribution in [0, 0.1) is 11.6 Å². The van der Waals surface area contributed by atoms with Crippen molar-refractivity contribution in [3.05, 3.63) is 71.3 Å². The Morgan fingerprint density at radius 1 is 0.889 bits per heavy atom. The molecule has 0 aliphatic carbocycles. The molecule has 0 bridgehead atoms. The molecule has 0 amide bonds. The monoisotopic (exact) mass is 249 g/mol. The summed E-state index contributed by atoms with van der Waals surface area (Å²) in [5.74, 6) is -1.46. The predicted molar refractivity (Wildman–Crippen MR) is 64.7 cm³/mol. The van der Waals surface area contributed by atoms with Crippen LogP contribution in [-0.2, 0) is 0 Å². The summed E-state index contributed by atoms with van der Waals surface area (Å²) in [6, 6.07) is 11.1. The van der Waals surface area contributed by atoms with Gasteiger partial charge in [0.25, 0.3) is 0 Å². The number of rotatable bonds is 3. The number of benzene rings is 2. The fourth-order valence-corrected chi connectivity index (χ4v) is 1.81. The summed E-state index contributed by atoms with van der Waals surface area (Å²) in [6.45, 7) is 0. The van der Waals surface area contributed by atoms with Crippen molar-refractivity contribution in [3.63, 3.8) is 0 Å². The third-order valence-corrected chi connectivity index (χ3v) is 2.75. The molecule has 2 atom stereocenters. The lowest BCUT2D eigenvalue weighted by atomic mass is 9.96. The first-order valence-electron chi connectivity index (χ1n) is 5.52. The van der Waals surface area contributed by atoms with Crippen LogP contribution in [0.4, 0.5) is 8.78 Å². The zero-order valence-electron chi connectivity index (χ0n) is 9.55. The molecule has 2 unspecified atom stereocenters. The Morgan fingerprint density at radius 2 is 1.44 bits per heavy atom. The summed E-state index contributed by atoms with van der Waals surface area (Å²) >= 11 is 0. The van der Waals surface area contributed by atoms with Gasteiger partial charge in [-0.25, -0.2) is 8.78 Å². The average molecular weight is 249 g/mol. The van der Waals surface area contributed by atoms with Crippen molar-refractivity contribution in [3.8, 4) is 0 Å². The summed E-state index contributed by atoms with van der Waals surface area (Å²) in [5, 5.41) is 10.0. The maximum Gasteiger partial charge on any atom is 0.126 e. The Kier molecular flexibility index (Phi) is 3.69. The molecule has 0 saturated heterocycles. The largest absolute Gasteiger partial charge is 0.386 e. The first kappa shape index (κ1) is 12.7. The van der Waals surface area contributed by atoms with E-state index in [0.717, 1.165) is 18.2 Å². The molecule has 0 saturated carbocycles. The molecule has 0 aliphatic heterocycles. The number of nitrogens with two attached hydrogens (primary N) is 1. The molecule has 0 aromatic heterocycles. The maximum atomic E-state index is 13.1. The molecule has 2 rings (SSSR count). The van der Waals surface area contributed by atoms with Gasteiger partial charge in [-0.15, -0.1) is 0 Å². The summed E-state index contributed by atoms with van der Waals surface area (Å²) < 4.78 is 26.1. The minimum absolute atomic E-state index is 0.129. The lowest BCUT2D eigenvalue weighted by Crippen LogP contribution is -2.19. The Morgan fingerprint density at radius 3 is 2.00 bits per heavy atom. The van der Waals surface area contributed by atoms with Crippen LogP contribution >= 0.6 is 0 Å². The molecule has 0 spiro atoms. The van der Waals surface area contributed by atoms with E-state index in [0.29, 0.717) is 5.56 Å². The molecule has 94 valence electrons. The van der Waals surface area contributed by atoms with Gasteiger partial charge < -0.3 is 10.8 Å². The molecule has 2 nitrogen and oxygen atoms in total. The van der Waals surface area contributed by atoms with Crippen LogP contribution in [0.15, 0.2) is 48.5 Å². The minimum atomic E-state index is -1.16. The van der Waals surface area contributed by atoms with Gasteiger partial charge in [-0.2, -0.15) is 0 Å². The molecule has 0 heterocycles. The van der Waals surface area contributed by atoms with E-state index >= 15 is 0 Å². The highest BCUT2D eigenvalue weighted by molar-refractivity contribution is 5.26. The quantitative estimate of drug-likeness (QED) is 0.878. The number of aliphatic hydroxyl groups excluding tert-OH is 1. The molecule has 2 aromatic carbocycles. The molecular weight excluding hydrogens is 236 g/mol. The van der Waals surface area contributed by atoms with Gasteiger partial charge in [0.05, 0.1) is 12.1 Å². The highest BCUT2D eigenvalue weighted by Gasteiger charge is 2.19. The molecule has 18 heavy (non-hydrogen) atoms. The lowest BCUT2D eigenvalue weighted by Gasteiger charge is -2.19. The van der Waals surface area contributed by atoms with Gasteiger partial charge in [0.2, 0.25) is 0 Å². The summed E-state index contributed by atoms with van der Waals surface area (Å²) in [5.41, 5.74) is 6.71. The predicted octanol–water partition coefficient (Wildman–Crippen LogP) is 2.70. The number of aliphatic hydroxyl groups is 1. The van der Waals surface area contributed by atoms with Crippen molar-refractivity contribution in [2.75, 3.05) is 0 Å². The summed E-state index contributed by atoms with van der Waals surface area (Å²) in [6.07, 6.45) is -1.16. The maximum absolute atomic E-state index is 13.1. The van der Waals surface area contributed by atoms with Crippen LogP contribution in [-0.4, -0.2) is 5.11 Å². The van der Waals surface area contributed by atoms with Crippen molar-refractivity contribution < 1.29 is 13.9 Å². The van der Waals surface area contributed by atoms with Crippen LogP contribution < -0.4 is 5.73 Å². The van der Waals surface area contributed by atoms with E-state index in [2.05, 4.69) is 0 Å². The molecule has 2 aromatic rings. The fraction of sp³-hybridized carbons (Fsp3) is 0.143. The molecule has 0 radical (unpaired) electrons. The van der Waals surface area contributed by atoms with Crippen LogP contribution in [0.25, 0.3) is 0 Å². The highest BCUT2D eigenvalue weighted by Crippen LogP contribution is 2.27. The Bertz CT molecular complexity index is 510. The third-order valence-electron chi connectivity index (χ3n) is 2.75. The normalized spacial score (nSPS) is 14.2. The van der Waals surface area contributed by atoms with E-state index in [9.17, 15) is 13.9 Å². The second-order valence-corrected chi connectivity index (χ2v) is 4.08. The second kappa shape index (κ2) is 5.25.